The highest BCUT2D eigenvalue weighted by Crippen LogP contribution is 2.16. The molecule has 0 bridgehead atoms. The number of rotatable bonds is 6. The topological polar surface area (TPSA) is 58.6 Å². The number of carbonyl (C=O) groups excluding carboxylic acids is 2. The van der Waals surface area contributed by atoms with E-state index in [0.29, 0.717) is 23.2 Å². The number of hydrogen-bond donors (Lipinski definition) is 1. The van der Waals surface area contributed by atoms with Crippen LogP contribution in [0.25, 0.3) is 0 Å². The van der Waals surface area contributed by atoms with E-state index in [1.807, 2.05) is 35.2 Å². The summed E-state index contributed by atoms with van der Waals surface area (Å²) >= 11 is 5.85. The Morgan fingerprint density at radius 1 is 1.12 bits per heavy atom. The Hall–Kier alpha value is -2.53. The molecule has 2 rings (SSSR count). The number of esters is 1. The van der Waals surface area contributed by atoms with E-state index in [1.165, 1.54) is 0 Å². The minimum Gasteiger partial charge on any atom is -0.375 e. The number of carbonyl (C=O) groups is 2. The van der Waals surface area contributed by atoms with Crippen LogP contribution >= 0.6 is 11.6 Å². The van der Waals surface area contributed by atoms with Gasteiger partial charge in [-0.2, -0.15) is 0 Å². The third-order valence-corrected chi connectivity index (χ3v) is 3.54. The lowest BCUT2D eigenvalue weighted by molar-refractivity contribution is -0.135. The van der Waals surface area contributed by atoms with Gasteiger partial charge < -0.3 is 9.64 Å². The van der Waals surface area contributed by atoms with Crippen LogP contribution in [0.2, 0.25) is 5.02 Å². The average Bonchev–Trinajstić information content (AvgIpc) is 2.54. The van der Waals surface area contributed by atoms with E-state index in [4.69, 9.17) is 16.3 Å². The van der Waals surface area contributed by atoms with E-state index >= 15 is 0 Å². The normalized spacial score (nSPS) is 10.4. The van der Waals surface area contributed by atoms with Crippen molar-refractivity contribution in [2.45, 2.75) is 13.8 Å². The largest absolute Gasteiger partial charge is 0.419 e. The highest BCUT2D eigenvalue weighted by Gasteiger charge is 2.17. The van der Waals surface area contributed by atoms with Crippen molar-refractivity contribution in [2.24, 2.45) is 5.92 Å². The summed E-state index contributed by atoms with van der Waals surface area (Å²) in [6, 6.07) is 16.2. The highest BCUT2D eigenvalue weighted by atomic mass is 35.5. The van der Waals surface area contributed by atoms with Crippen LogP contribution in [-0.4, -0.2) is 25.2 Å². The predicted octanol–water partition coefficient (Wildman–Crippen LogP) is 4.58. The van der Waals surface area contributed by atoms with Crippen molar-refractivity contribution in [2.75, 3.05) is 23.3 Å². The SMILES string of the molecule is CC(C)CN(CC(=O)OC(=O)Nc1cccc(Cl)c1)c1ccccc1. The molecule has 6 heteroatoms. The van der Waals surface area contributed by atoms with Crippen LogP contribution in [0.15, 0.2) is 54.6 Å². The molecule has 5 nitrogen and oxygen atoms in total. The molecule has 0 fully saturated rings. The second-order valence-corrected chi connectivity index (χ2v) is 6.44. The second kappa shape index (κ2) is 9.08. The highest BCUT2D eigenvalue weighted by molar-refractivity contribution is 6.30. The maximum absolute atomic E-state index is 12.1. The maximum atomic E-state index is 12.1. The maximum Gasteiger partial charge on any atom is 0.419 e. The zero-order chi connectivity index (χ0) is 18.2. The molecule has 0 atom stereocenters. The van der Waals surface area contributed by atoms with Crippen molar-refractivity contribution in [3.05, 3.63) is 59.6 Å². The lowest BCUT2D eigenvalue weighted by Gasteiger charge is -2.25. The molecule has 0 aliphatic carbocycles. The lowest BCUT2D eigenvalue weighted by atomic mass is 10.2. The van der Waals surface area contributed by atoms with E-state index in [-0.39, 0.29) is 6.54 Å². The third-order valence-electron chi connectivity index (χ3n) is 3.30. The van der Waals surface area contributed by atoms with Crippen LogP contribution in [0.1, 0.15) is 13.8 Å². The Bertz CT molecular complexity index is 720. The fourth-order valence-corrected chi connectivity index (χ4v) is 2.53. The van der Waals surface area contributed by atoms with Crippen LogP contribution in [0.5, 0.6) is 0 Å². The van der Waals surface area contributed by atoms with Crippen molar-refractivity contribution < 1.29 is 14.3 Å². The summed E-state index contributed by atoms with van der Waals surface area (Å²) in [4.78, 5) is 25.9. The predicted molar refractivity (Wildman–Crippen MR) is 100 cm³/mol. The van der Waals surface area contributed by atoms with E-state index in [2.05, 4.69) is 19.2 Å². The van der Waals surface area contributed by atoms with Crippen molar-refractivity contribution in [1.82, 2.24) is 0 Å². The van der Waals surface area contributed by atoms with Crippen LogP contribution < -0.4 is 10.2 Å². The number of nitrogens with zero attached hydrogens (tertiary/aromatic N) is 1. The van der Waals surface area contributed by atoms with Crippen molar-refractivity contribution in [3.63, 3.8) is 0 Å². The first-order valence-corrected chi connectivity index (χ1v) is 8.39. The van der Waals surface area contributed by atoms with Crippen molar-refractivity contribution in [1.29, 1.82) is 0 Å². The van der Waals surface area contributed by atoms with Gasteiger partial charge in [0, 0.05) is 22.9 Å². The van der Waals surface area contributed by atoms with Gasteiger partial charge in [-0.1, -0.05) is 49.7 Å². The number of hydrogen-bond acceptors (Lipinski definition) is 4. The quantitative estimate of drug-likeness (QED) is 0.605. The van der Waals surface area contributed by atoms with Gasteiger partial charge in [0.25, 0.3) is 0 Å². The smallest absolute Gasteiger partial charge is 0.375 e. The summed E-state index contributed by atoms with van der Waals surface area (Å²) in [7, 11) is 0. The summed E-state index contributed by atoms with van der Waals surface area (Å²) in [5.41, 5.74) is 1.37. The zero-order valence-electron chi connectivity index (χ0n) is 14.2. The average molecular weight is 361 g/mol. The molecule has 0 aromatic heterocycles. The summed E-state index contributed by atoms with van der Waals surface area (Å²) in [5.74, 6) is -0.266. The molecular weight excluding hydrogens is 340 g/mol. The molecule has 0 unspecified atom stereocenters. The van der Waals surface area contributed by atoms with E-state index in [1.54, 1.807) is 24.3 Å². The van der Waals surface area contributed by atoms with Gasteiger partial charge >= 0.3 is 12.1 Å². The standard InChI is InChI=1S/C19H21ClN2O3/c1-14(2)12-22(17-9-4-3-5-10-17)13-18(23)25-19(24)21-16-8-6-7-15(20)11-16/h3-11,14H,12-13H2,1-2H3,(H,21,24). The molecule has 2 aromatic carbocycles. The molecule has 0 radical (unpaired) electrons. The summed E-state index contributed by atoms with van der Waals surface area (Å²) in [6.45, 7) is 4.79. The first-order valence-electron chi connectivity index (χ1n) is 8.01. The van der Waals surface area contributed by atoms with Gasteiger partial charge in [-0.3, -0.25) is 5.32 Å². The molecule has 0 spiro atoms. The van der Waals surface area contributed by atoms with Gasteiger partial charge in [-0.25, -0.2) is 9.59 Å². The number of halogens is 1. The minimum atomic E-state index is -0.829. The molecule has 1 amide bonds. The van der Waals surface area contributed by atoms with Gasteiger partial charge in [-0.15, -0.1) is 0 Å². The fourth-order valence-electron chi connectivity index (χ4n) is 2.34. The van der Waals surface area contributed by atoms with Crippen LogP contribution in [-0.2, 0) is 9.53 Å². The van der Waals surface area contributed by atoms with Crippen LogP contribution in [0, 0.1) is 5.92 Å². The van der Waals surface area contributed by atoms with Crippen LogP contribution in [0.3, 0.4) is 0 Å². The zero-order valence-corrected chi connectivity index (χ0v) is 15.0. The molecule has 0 heterocycles. The molecule has 2 aromatic rings. The molecule has 0 aliphatic rings. The first-order chi connectivity index (χ1) is 11.9. The third kappa shape index (κ3) is 6.47. The molecule has 25 heavy (non-hydrogen) atoms. The Labute approximate surface area is 152 Å². The Balaban J connectivity index is 1.95. The molecule has 1 N–H and O–H groups in total. The molecular formula is C19H21ClN2O3. The van der Waals surface area contributed by atoms with Gasteiger partial charge in [0.1, 0.15) is 6.54 Å². The van der Waals surface area contributed by atoms with Crippen LogP contribution in [0.4, 0.5) is 16.2 Å². The summed E-state index contributed by atoms with van der Waals surface area (Å²) in [6.07, 6.45) is -0.829. The Morgan fingerprint density at radius 3 is 2.48 bits per heavy atom. The number of ether oxygens (including phenoxy) is 1. The fraction of sp³-hybridized carbons (Fsp3) is 0.263. The van der Waals surface area contributed by atoms with E-state index in [9.17, 15) is 9.59 Å². The van der Waals surface area contributed by atoms with E-state index in [0.717, 1.165) is 5.69 Å². The number of amides is 1. The van der Waals surface area contributed by atoms with Gasteiger partial charge in [0.2, 0.25) is 0 Å². The Kier molecular flexibility index (Phi) is 6.83. The van der Waals surface area contributed by atoms with Crippen molar-refractivity contribution in [3.8, 4) is 0 Å². The first kappa shape index (κ1) is 18.8. The number of benzene rings is 2. The summed E-state index contributed by atoms with van der Waals surface area (Å²) < 4.78 is 4.85. The lowest BCUT2D eigenvalue weighted by Crippen LogP contribution is -2.35. The molecule has 0 saturated heterocycles. The Morgan fingerprint density at radius 2 is 1.84 bits per heavy atom. The second-order valence-electron chi connectivity index (χ2n) is 6.01. The van der Waals surface area contributed by atoms with Crippen molar-refractivity contribution >= 4 is 35.0 Å². The molecule has 0 saturated carbocycles. The van der Waals surface area contributed by atoms with Gasteiger partial charge in [0.15, 0.2) is 0 Å². The summed E-state index contributed by atoms with van der Waals surface area (Å²) in [5, 5.41) is 2.97. The minimum absolute atomic E-state index is 0.00877. The number of para-hydroxylation sites is 1. The van der Waals surface area contributed by atoms with Gasteiger partial charge in [-0.05, 0) is 36.2 Å². The van der Waals surface area contributed by atoms with E-state index < -0.39 is 12.1 Å². The molecule has 0 aliphatic heterocycles. The number of nitrogens with one attached hydrogen (secondary N) is 1. The van der Waals surface area contributed by atoms with Gasteiger partial charge in [0.05, 0.1) is 0 Å². The molecule has 132 valence electrons. The monoisotopic (exact) mass is 360 g/mol. The number of anilines is 2.